The van der Waals surface area contributed by atoms with Gasteiger partial charge in [-0.15, -0.1) is 0 Å². The van der Waals surface area contributed by atoms with Crippen LogP contribution in [0.2, 0.25) is 0 Å². The zero-order chi connectivity index (χ0) is 17.6. The molecular weight excluding hydrogens is 380 g/mol. The Kier molecular flexibility index (Phi) is 4.33. The average molecular weight is 403 g/mol. The van der Waals surface area contributed by atoms with Crippen LogP contribution in [0, 0.1) is 0 Å². The van der Waals surface area contributed by atoms with Crippen molar-refractivity contribution >= 4 is 38.4 Å². The normalized spacial score (nSPS) is 21.6. The molecule has 0 spiro atoms. The number of halogens is 1. The molecule has 1 aliphatic heterocycles. The summed E-state index contributed by atoms with van der Waals surface area (Å²) in [6, 6.07) is 6.70. The quantitative estimate of drug-likeness (QED) is 0.737. The van der Waals surface area contributed by atoms with E-state index in [1.807, 2.05) is 18.7 Å². The number of H-pyrrole nitrogens is 1. The summed E-state index contributed by atoms with van der Waals surface area (Å²) < 4.78 is 1.08. The minimum atomic E-state index is 0.00574. The number of fused-ring (bicyclic) bond motifs is 2. The molecule has 0 radical (unpaired) electrons. The molecule has 4 rings (SSSR count). The molecule has 6 heteroatoms. The van der Waals surface area contributed by atoms with Crippen LogP contribution in [0.5, 0.6) is 0 Å². The summed E-state index contributed by atoms with van der Waals surface area (Å²) in [5, 5.41) is 8.06. The topological polar surface area (TPSA) is 60.2 Å². The lowest BCUT2D eigenvalue weighted by Crippen LogP contribution is -2.52. The average Bonchev–Trinajstić information content (AvgIpc) is 2.93. The number of aromatic nitrogens is 1. The van der Waals surface area contributed by atoms with Crippen molar-refractivity contribution in [3.05, 3.63) is 40.0 Å². The van der Waals surface area contributed by atoms with Crippen molar-refractivity contribution in [2.45, 2.75) is 32.4 Å². The summed E-state index contributed by atoms with van der Waals surface area (Å²) in [6.45, 7) is 6.21. The van der Waals surface area contributed by atoms with Crippen LogP contribution in [0.4, 0.5) is 4.79 Å². The second kappa shape index (κ2) is 6.50. The second-order valence-corrected chi connectivity index (χ2v) is 7.45. The van der Waals surface area contributed by atoms with Crippen LogP contribution in [0.25, 0.3) is 16.5 Å². The third-order valence-electron chi connectivity index (χ3n) is 5.29. The molecule has 3 N–H and O–H groups in total. The highest BCUT2D eigenvalue weighted by atomic mass is 79.9. The Hall–Kier alpha value is -1.79. The highest BCUT2D eigenvalue weighted by molar-refractivity contribution is 9.10. The Bertz CT molecular complexity index is 852. The first-order valence-electron chi connectivity index (χ1n) is 8.92. The van der Waals surface area contributed by atoms with Crippen LogP contribution in [0.15, 0.2) is 28.9 Å². The maximum Gasteiger partial charge on any atom is 0.317 e. The van der Waals surface area contributed by atoms with Gasteiger partial charge in [-0.2, -0.15) is 0 Å². The molecule has 25 heavy (non-hydrogen) atoms. The smallest absolute Gasteiger partial charge is 0.317 e. The van der Waals surface area contributed by atoms with E-state index < -0.39 is 0 Å². The molecule has 2 aliphatic rings. The van der Waals surface area contributed by atoms with Gasteiger partial charge in [-0.3, -0.25) is 0 Å². The maximum atomic E-state index is 12.4. The summed E-state index contributed by atoms with van der Waals surface area (Å²) in [5.41, 5.74) is 5.06. The van der Waals surface area contributed by atoms with E-state index in [9.17, 15) is 4.79 Å². The first-order chi connectivity index (χ1) is 12.1. The van der Waals surface area contributed by atoms with Crippen molar-refractivity contribution in [3.8, 4) is 0 Å². The van der Waals surface area contributed by atoms with Gasteiger partial charge in [0, 0.05) is 36.6 Å². The number of benzene rings is 1. The Labute approximate surface area is 156 Å². The van der Waals surface area contributed by atoms with E-state index in [0.29, 0.717) is 6.04 Å². The molecule has 2 aromatic rings. The number of amides is 2. The predicted octanol–water partition coefficient (Wildman–Crippen LogP) is 3.26. The minimum absolute atomic E-state index is 0.00574. The van der Waals surface area contributed by atoms with Crippen molar-refractivity contribution in [2.75, 3.05) is 19.6 Å². The van der Waals surface area contributed by atoms with Crippen LogP contribution < -0.4 is 10.6 Å². The van der Waals surface area contributed by atoms with Crippen LogP contribution in [0.1, 0.15) is 25.0 Å². The Morgan fingerprint density at radius 1 is 1.36 bits per heavy atom. The van der Waals surface area contributed by atoms with Gasteiger partial charge in [0.25, 0.3) is 0 Å². The number of nitrogens with one attached hydrogen (secondary N) is 3. The van der Waals surface area contributed by atoms with Crippen LogP contribution in [-0.2, 0) is 6.42 Å². The molecule has 1 aromatic heterocycles. The number of carbonyl (C=O) groups is 1. The third-order valence-corrected chi connectivity index (χ3v) is 5.97. The van der Waals surface area contributed by atoms with E-state index in [0.717, 1.165) is 36.2 Å². The van der Waals surface area contributed by atoms with E-state index in [-0.39, 0.29) is 12.1 Å². The van der Waals surface area contributed by atoms with Gasteiger partial charge in [0.2, 0.25) is 0 Å². The summed E-state index contributed by atoms with van der Waals surface area (Å²) in [4.78, 5) is 17.6. The highest BCUT2D eigenvalue weighted by Crippen LogP contribution is 2.40. The summed E-state index contributed by atoms with van der Waals surface area (Å²) >= 11 is 3.67. The van der Waals surface area contributed by atoms with Crippen LogP contribution >= 0.6 is 15.9 Å². The Balaban J connectivity index is 1.68. The number of rotatable bonds is 3. The lowest BCUT2D eigenvalue weighted by Gasteiger charge is -2.34. The number of carbonyl (C=O) groups excluding carboxylic acids is 1. The van der Waals surface area contributed by atoms with Crippen molar-refractivity contribution in [1.82, 2.24) is 20.5 Å². The molecule has 2 atom stereocenters. The van der Waals surface area contributed by atoms with Gasteiger partial charge in [0.15, 0.2) is 0 Å². The molecule has 0 unspecified atom stereocenters. The van der Waals surface area contributed by atoms with Gasteiger partial charge >= 0.3 is 6.03 Å². The standard InChI is InChI=1S/C19H23BrN4O/c1-3-24(4-2)19(25)22-11-8-13-12-6-5-7-15-17(12)14(18(20)23-15)9-16(13)21-10-11/h5-8,11,16,21,23H,3-4,9-10H2,1-2H3,(H,22,25)/t11-,16+/m0/s1. The molecule has 1 aliphatic carbocycles. The summed E-state index contributed by atoms with van der Waals surface area (Å²) in [7, 11) is 0. The van der Waals surface area contributed by atoms with E-state index in [1.54, 1.807) is 0 Å². The highest BCUT2D eigenvalue weighted by Gasteiger charge is 2.32. The number of hydrogen-bond donors (Lipinski definition) is 3. The van der Waals surface area contributed by atoms with Gasteiger partial charge in [-0.05, 0) is 59.0 Å². The SMILES string of the molecule is CCN(CC)C(=O)N[C@H]1C=C2c3cccc4[nH]c(Br)c(c34)C[C@H]2NC1. The zero-order valence-electron chi connectivity index (χ0n) is 14.5. The van der Waals surface area contributed by atoms with Crippen LogP contribution in [0.3, 0.4) is 0 Å². The van der Waals surface area contributed by atoms with E-state index in [2.05, 4.69) is 55.8 Å². The van der Waals surface area contributed by atoms with E-state index in [4.69, 9.17) is 0 Å². The number of hydrogen-bond acceptors (Lipinski definition) is 2. The first kappa shape index (κ1) is 16.7. The molecule has 0 fully saturated rings. The fourth-order valence-electron chi connectivity index (χ4n) is 4.01. The van der Waals surface area contributed by atoms with E-state index in [1.165, 1.54) is 22.1 Å². The van der Waals surface area contributed by atoms with Crippen molar-refractivity contribution in [2.24, 2.45) is 0 Å². The molecule has 0 saturated heterocycles. The van der Waals surface area contributed by atoms with Crippen molar-refractivity contribution < 1.29 is 4.79 Å². The fourth-order valence-corrected chi connectivity index (χ4v) is 4.58. The molecule has 0 bridgehead atoms. The lowest BCUT2D eigenvalue weighted by molar-refractivity contribution is 0.200. The van der Waals surface area contributed by atoms with Crippen LogP contribution in [-0.4, -0.2) is 47.6 Å². The fraction of sp³-hybridized carbons (Fsp3) is 0.421. The largest absolute Gasteiger partial charge is 0.349 e. The molecule has 132 valence electrons. The lowest BCUT2D eigenvalue weighted by atomic mass is 9.82. The van der Waals surface area contributed by atoms with Crippen molar-refractivity contribution in [3.63, 3.8) is 0 Å². The minimum Gasteiger partial charge on any atom is -0.349 e. The number of urea groups is 1. The summed E-state index contributed by atoms with van der Waals surface area (Å²) in [5.74, 6) is 0. The maximum absolute atomic E-state index is 12.4. The third kappa shape index (κ3) is 2.77. The molecule has 5 nitrogen and oxygen atoms in total. The second-order valence-electron chi connectivity index (χ2n) is 6.66. The van der Waals surface area contributed by atoms with E-state index >= 15 is 0 Å². The first-order valence-corrected chi connectivity index (χ1v) is 9.71. The molecular formula is C19H23BrN4O. The van der Waals surface area contributed by atoms with Gasteiger partial charge in [0.05, 0.1) is 10.6 Å². The molecule has 0 saturated carbocycles. The monoisotopic (exact) mass is 402 g/mol. The Morgan fingerprint density at radius 2 is 2.16 bits per heavy atom. The van der Waals surface area contributed by atoms with Gasteiger partial charge < -0.3 is 20.5 Å². The predicted molar refractivity (Wildman–Crippen MR) is 105 cm³/mol. The molecule has 1 aromatic carbocycles. The molecule has 2 heterocycles. The van der Waals surface area contributed by atoms with Gasteiger partial charge in [-0.1, -0.05) is 18.2 Å². The Morgan fingerprint density at radius 3 is 2.92 bits per heavy atom. The van der Waals surface area contributed by atoms with Gasteiger partial charge in [0.1, 0.15) is 0 Å². The molecule has 2 amide bonds. The zero-order valence-corrected chi connectivity index (χ0v) is 16.1. The number of nitrogens with zero attached hydrogens (tertiary/aromatic N) is 1. The number of aromatic amines is 1. The van der Waals surface area contributed by atoms with Gasteiger partial charge in [-0.25, -0.2) is 4.79 Å². The van der Waals surface area contributed by atoms with Crippen molar-refractivity contribution in [1.29, 1.82) is 0 Å². The summed E-state index contributed by atoms with van der Waals surface area (Å²) in [6.07, 6.45) is 3.20.